The number of hydrogen-bond acceptors (Lipinski definition) is 5. The number of sulfonamides is 1. The van der Waals surface area contributed by atoms with E-state index in [0.717, 1.165) is 21.8 Å². The first-order chi connectivity index (χ1) is 13.2. The molecule has 0 spiro atoms. The van der Waals surface area contributed by atoms with E-state index in [0.29, 0.717) is 24.5 Å². The molecule has 0 radical (unpaired) electrons. The highest BCUT2D eigenvalue weighted by Gasteiger charge is 2.24. The van der Waals surface area contributed by atoms with Gasteiger partial charge in [0.05, 0.1) is 19.1 Å². The molecule has 0 bridgehead atoms. The number of likely N-dealkylation sites (N-methyl/N-ethyl adjacent to an activating group) is 1. The van der Waals surface area contributed by atoms with E-state index >= 15 is 0 Å². The van der Waals surface area contributed by atoms with E-state index in [9.17, 15) is 13.2 Å². The Morgan fingerprint density at radius 3 is 2.43 bits per heavy atom. The Bertz CT molecular complexity index is 901. The summed E-state index contributed by atoms with van der Waals surface area (Å²) in [5, 5.41) is 2.78. The molecule has 152 valence electrons. The van der Waals surface area contributed by atoms with Crippen LogP contribution in [-0.2, 0) is 14.8 Å². The summed E-state index contributed by atoms with van der Waals surface area (Å²) in [5.41, 5.74) is 2.26. The molecule has 8 heteroatoms. The first-order valence-electron chi connectivity index (χ1n) is 8.87. The minimum atomic E-state index is -3.66. The van der Waals surface area contributed by atoms with Crippen molar-refractivity contribution < 1.29 is 17.9 Å². The second kappa shape index (κ2) is 9.45. The fraction of sp³-hybridized carbons (Fsp3) is 0.350. The van der Waals surface area contributed by atoms with Crippen LogP contribution in [0.1, 0.15) is 5.56 Å². The molecule has 0 aliphatic heterocycles. The van der Waals surface area contributed by atoms with Gasteiger partial charge in [-0.1, -0.05) is 24.3 Å². The van der Waals surface area contributed by atoms with Crippen molar-refractivity contribution >= 4 is 27.3 Å². The highest BCUT2D eigenvalue weighted by Crippen LogP contribution is 2.30. The van der Waals surface area contributed by atoms with Gasteiger partial charge < -0.3 is 15.0 Å². The third kappa shape index (κ3) is 5.88. The van der Waals surface area contributed by atoms with Crippen molar-refractivity contribution in [1.82, 2.24) is 5.32 Å². The van der Waals surface area contributed by atoms with Crippen LogP contribution in [0.2, 0.25) is 0 Å². The number of ether oxygens (including phenoxy) is 1. The van der Waals surface area contributed by atoms with Crippen molar-refractivity contribution in [3.8, 4) is 5.75 Å². The number of anilines is 2. The van der Waals surface area contributed by atoms with E-state index in [2.05, 4.69) is 5.32 Å². The van der Waals surface area contributed by atoms with Crippen LogP contribution in [-0.4, -0.2) is 54.4 Å². The smallest absolute Gasteiger partial charge is 0.240 e. The van der Waals surface area contributed by atoms with Gasteiger partial charge in [-0.3, -0.25) is 9.10 Å². The van der Waals surface area contributed by atoms with Crippen LogP contribution in [0.15, 0.2) is 48.5 Å². The lowest BCUT2D eigenvalue weighted by Gasteiger charge is -2.24. The molecule has 2 aromatic rings. The summed E-state index contributed by atoms with van der Waals surface area (Å²) in [6.45, 7) is 2.53. The number of benzene rings is 2. The molecule has 7 nitrogen and oxygen atoms in total. The zero-order valence-corrected chi connectivity index (χ0v) is 17.5. The molecule has 0 aliphatic rings. The quantitative estimate of drug-likeness (QED) is 0.691. The minimum Gasteiger partial charge on any atom is -0.495 e. The fourth-order valence-electron chi connectivity index (χ4n) is 2.74. The van der Waals surface area contributed by atoms with E-state index in [1.807, 2.05) is 55.3 Å². The van der Waals surface area contributed by atoms with Gasteiger partial charge in [-0.05, 0) is 36.8 Å². The minimum absolute atomic E-state index is 0.312. The number of aryl methyl sites for hydroxylation is 1. The molecule has 2 rings (SSSR count). The third-order valence-electron chi connectivity index (χ3n) is 4.26. The molecule has 0 atom stereocenters. The van der Waals surface area contributed by atoms with E-state index in [1.165, 1.54) is 7.11 Å². The third-order valence-corrected chi connectivity index (χ3v) is 5.38. The van der Waals surface area contributed by atoms with E-state index in [1.54, 1.807) is 12.1 Å². The van der Waals surface area contributed by atoms with E-state index in [-0.39, 0.29) is 12.5 Å². The number of rotatable bonds is 9. The van der Waals surface area contributed by atoms with Crippen LogP contribution < -0.4 is 19.3 Å². The lowest BCUT2D eigenvalue weighted by molar-refractivity contribution is -0.119. The largest absolute Gasteiger partial charge is 0.495 e. The second-order valence-electron chi connectivity index (χ2n) is 6.55. The lowest BCUT2D eigenvalue weighted by atomic mass is 10.2. The zero-order chi connectivity index (χ0) is 20.7. The summed E-state index contributed by atoms with van der Waals surface area (Å²) in [6.07, 6.45) is 1.07. The summed E-state index contributed by atoms with van der Waals surface area (Å²) >= 11 is 0. The summed E-state index contributed by atoms with van der Waals surface area (Å²) in [4.78, 5) is 14.4. The van der Waals surface area contributed by atoms with Gasteiger partial charge in [0.15, 0.2) is 0 Å². The average molecular weight is 406 g/mol. The molecule has 2 aromatic carbocycles. The number of nitrogens with one attached hydrogen (secondary N) is 1. The number of nitrogens with zero attached hydrogens (tertiary/aromatic N) is 2. The normalized spacial score (nSPS) is 11.0. The predicted molar refractivity (Wildman–Crippen MR) is 113 cm³/mol. The van der Waals surface area contributed by atoms with Gasteiger partial charge in [-0.25, -0.2) is 8.42 Å². The molecular weight excluding hydrogens is 378 g/mol. The van der Waals surface area contributed by atoms with Gasteiger partial charge >= 0.3 is 0 Å². The number of methoxy groups -OCH3 is 1. The summed E-state index contributed by atoms with van der Waals surface area (Å²) in [5.74, 6) is 0.0167. The Morgan fingerprint density at radius 2 is 1.82 bits per heavy atom. The van der Waals surface area contributed by atoms with Crippen molar-refractivity contribution in [2.24, 2.45) is 0 Å². The standard InChI is InChI=1S/C20H27N3O4S/c1-16-10-11-19(27-3)18(14-16)23(28(4,25)26)15-20(24)21-12-13-22(2)17-8-6-5-7-9-17/h5-11,14H,12-13,15H2,1-4H3,(H,21,24). The summed E-state index contributed by atoms with van der Waals surface area (Å²) < 4.78 is 30.9. The molecule has 28 heavy (non-hydrogen) atoms. The molecule has 0 aromatic heterocycles. The predicted octanol–water partition coefficient (Wildman–Crippen LogP) is 2.02. The van der Waals surface area contributed by atoms with Crippen LogP contribution >= 0.6 is 0 Å². The van der Waals surface area contributed by atoms with E-state index < -0.39 is 10.0 Å². The van der Waals surface area contributed by atoms with Crippen molar-refractivity contribution in [2.45, 2.75) is 6.92 Å². The van der Waals surface area contributed by atoms with Gasteiger partial charge in [0.2, 0.25) is 15.9 Å². The first kappa shape index (κ1) is 21.6. The monoisotopic (exact) mass is 405 g/mol. The van der Waals surface area contributed by atoms with Crippen LogP contribution in [0.25, 0.3) is 0 Å². The van der Waals surface area contributed by atoms with Gasteiger partial charge in [0.1, 0.15) is 12.3 Å². The molecular formula is C20H27N3O4S. The lowest BCUT2D eigenvalue weighted by Crippen LogP contribution is -2.42. The number of carbonyl (C=O) groups excluding carboxylic acids is 1. The zero-order valence-electron chi connectivity index (χ0n) is 16.7. The molecule has 0 aliphatic carbocycles. The van der Waals surface area contributed by atoms with Crippen LogP contribution in [0, 0.1) is 6.92 Å². The summed E-state index contributed by atoms with van der Waals surface area (Å²) in [7, 11) is -0.266. The molecule has 1 N–H and O–H groups in total. The Hall–Kier alpha value is -2.74. The highest BCUT2D eigenvalue weighted by atomic mass is 32.2. The molecule has 0 heterocycles. The number of hydrogen-bond donors (Lipinski definition) is 1. The van der Waals surface area contributed by atoms with E-state index in [4.69, 9.17) is 4.74 Å². The highest BCUT2D eigenvalue weighted by molar-refractivity contribution is 7.92. The SMILES string of the molecule is COc1ccc(C)cc1N(CC(=O)NCCN(C)c1ccccc1)S(C)(=O)=O. The maximum absolute atomic E-state index is 12.4. The Labute approximate surface area is 167 Å². The van der Waals surface area contributed by atoms with Gasteiger partial charge in [-0.2, -0.15) is 0 Å². The van der Waals surface area contributed by atoms with Crippen molar-refractivity contribution in [1.29, 1.82) is 0 Å². The Balaban J connectivity index is 2.03. The van der Waals surface area contributed by atoms with Crippen LogP contribution in [0.3, 0.4) is 0 Å². The van der Waals surface area contributed by atoms with Crippen molar-refractivity contribution in [2.75, 3.05) is 49.3 Å². The molecule has 0 saturated heterocycles. The van der Waals surface area contributed by atoms with Gasteiger partial charge in [0.25, 0.3) is 0 Å². The van der Waals surface area contributed by atoms with Crippen molar-refractivity contribution in [3.63, 3.8) is 0 Å². The second-order valence-corrected chi connectivity index (χ2v) is 8.46. The maximum Gasteiger partial charge on any atom is 0.240 e. The molecule has 0 unspecified atom stereocenters. The number of amides is 1. The average Bonchev–Trinajstić information content (AvgIpc) is 2.65. The van der Waals surface area contributed by atoms with Gasteiger partial charge in [0, 0.05) is 25.8 Å². The van der Waals surface area contributed by atoms with Gasteiger partial charge in [-0.15, -0.1) is 0 Å². The first-order valence-corrected chi connectivity index (χ1v) is 10.7. The summed E-state index contributed by atoms with van der Waals surface area (Å²) in [6, 6.07) is 15.0. The molecule has 1 amide bonds. The molecule has 0 fully saturated rings. The Morgan fingerprint density at radius 1 is 1.14 bits per heavy atom. The Kier molecular flexibility index (Phi) is 7.28. The topological polar surface area (TPSA) is 79.0 Å². The van der Waals surface area contributed by atoms with Crippen LogP contribution in [0.5, 0.6) is 5.75 Å². The van der Waals surface area contributed by atoms with Crippen LogP contribution in [0.4, 0.5) is 11.4 Å². The number of carbonyl (C=O) groups is 1. The molecule has 0 saturated carbocycles. The fourth-order valence-corrected chi connectivity index (χ4v) is 3.59. The van der Waals surface area contributed by atoms with Crippen molar-refractivity contribution in [3.05, 3.63) is 54.1 Å². The maximum atomic E-state index is 12.4. The number of para-hydroxylation sites is 1.